The van der Waals surface area contributed by atoms with Crippen LogP contribution >= 0.6 is 24.0 Å². The smallest absolute Gasteiger partial charge is 0.191 e. The first kappa shape index (κ1) is 19.1. The average molecular weight is 423 g/mol. The standard InChI is InChI=1S/C16H23F2N3.HI/c1-3-19-16(21-10-12-4-5-12)20-9-11(2)14-7-6-13(17)8-15(14)18;/h6-8,11-12H,3-5,9-10H2,1-2H3,(H2,19,20,21);1H. The van der Waals surface area contributed by atoms with Gasteiger partial charge in [0.25, 0.3) is 0 Å². The second-order valence-electron chi connectivity index (χ2n) is 5.61. The zero-order chi connectivity index (χ0) is 15.2. The average Bonchev–Trinajstić information content (AvgIpc) is 3.25. The van der Waals surface area contributed by atoms with Gasteiger partial charge in [0.2, 0.25) is 0 Å². The fraction of sp³-hybridized carbons (Fsp3) is 0.562. The summed E-state index contributed by atoms with van der Waals surface area (Å²) in [6.07, 6.45) is 2.56. The summed E-state index contributed by atoms with van der Waals surface area (Å²) in [5.74, 6) is 0.376. The molecule has 124 valence electrons. The third kappa shape index (κ3) is 6.06. The molecule has 3 nitrogen and oxygen atoms in total. The molecule has 0 aliphatic heterocycles. The van der Waals surface area contributed by atoms with Crippen LogP contribution in [0.3, 0.4) is 0 Å². The van der Waals surface area contributed by atoms with Crippen molar-refractivity contribution in [2.45, 2.75) is 32.6 Å². The van der Waals surface area contributed by atoms with Crippen molar-refractivity contribution in [2.75, 3.05) is 19.6 Å². The molecule has 1 fully saturated rings. The Hall–Kier alpha value is -0.920. The lowest BCUT2D eigenvalue weighted by atomic mass is 10.0. The molecule has 1 aromatic rings. The summed E-state index contributed by atoms with van der Waals surface area (Å²) in [7, 11) is 0. The van der Waals surface area contributed by atoms with Crippen LogP contribution in [0, 0.1) is 17.6 Å². The summed E-state index contributed by atoms with van der Waals surface area (Å²) in [5, 5.41) is 6.48. The predicted molar refractivity (Wildman–Crippen MR) is 96.9 cm³/mol. The number of hydrogen-bond donors (Lipinski definition) is 2. The normalized spacial score (nSPS) is 15.9. The highest BCUT2D eigenvalue weighted by Gasteiger charge is 2.21. The topological polar surface area (TPSA) is 36.4 Å². The number of halogens is 3. The fourth-order valence-electron chi connectivity index (χ4n) is 2.13. The minimum Gasteiger partial charge on any atom is -0.357 e. The Morgan fingerprint density at radius 2 is 2.05 bits per heavy atom. The number of rotatable bonds is 6. The second kappa shape index (κ2) is 9.27. The molecule has 0 heterocycles. The third-order valence-electron chi connectivity index (χ3n) is 3.62. The molecule has 0 bridgehead atoms. The molecule has 0 radical (unpaired) electrons. The van der Waals surface area contributed by atoms with E-state index >= 15 is 0 Å². The van der Waals surface area contributed by atoms with Crippen molar-refractivity contribution in [1.82, 2.24) is 10.6 Å². The van der Waals surface area contributed by atoms with Gasteiger partial charge in [0, 0.05) is 31.6 Å². The highest BCUT2D eigenvalue weighted by atomic mass is 127. The Balaban J connectivity index is 0.00000242. The molecule has 0 spiro atoms. The van der Waals surface area contributed by atoms with E-state index in [1.54, 1.807) is 0 Å². The number of guanidine groups is 1. The number of nitrogens with zero attached hydrogens (tertiary/aromatic N) is 1. The van der Waals surface area contributed by atoms with Crippen molar-refractivity contribution in [2.24, 2.45) is 10.9 Å². The van der Waals surface area contributed by atoms with E-state index < -0.39 is 11.6 Å². The first-order chi connectivity index (χ1) is 10.1. The number of aliphatic imine (C=N–C) groups is 1. The van der Waals surface area contributed by atoms with Crippen LogP contribution in [-0.4, -0.2) is 25.6 Å². The number of nitrogens with one attached hydrogen (secondary N) is 2. The maximum Gasteiger partial charge on any atom is 0.191 e. The number of hydrogen-bond acceptors (Lipinski definition) is 1. The summed E-state index contributed by atoms with van der Waals surface area (Å²) >= 11 is 0. The first-order valence-electron chi connectivity index (χ1n) is 7.57. The van der Waals surface area contributed by atoms with Crippen molar-refractivity contribution in [3.05, 3.63) is 35.4 Å². The SMILES string of the molecule is CCNC(=NCC(C)c1ccc(F)cc1F)NCC1CC1.I. The molecule has 1 saturated carbocycles. The van der Waals surface area contributed by atoms with Gasteiger partial charge in [0.1, 0.15) is 11.6 Å². The van der Waals surface area contributed by atoms with Gasteiger partial charge in [-0.25, -0.2) is 8.78 Å². The highest BCUT2D eigenvalue weighted by molar-refractivity contribution is 14.0. The van der Waals surface area contributed by atoms with E-state index in [1.165, 1.54) is 25.0 Å². The van der Waals surface area contributed by atoms with Crippen molar-refractivity contribution in [3.63, 3.8) is 0 Å². The molecule has 2 N–H and O–H groups in total. The summed E-state index contributed by atoms with van der Waals surface area (Å²) in [6.45, 7) is 6.09. The molecular formula is C16H24F2IN3. The van der Waals surface area contributed by atoms with Crippen molar-refractivity contribution < 1.29 is 8.78 Å². The zero-order valence-electron chi connectivity index (χ0n) is 13.0. The molecule has 1 aromatic carbocycles. The molecular weight excluding hydrogens is 399 g/mol. The predicted octanol–water partition coefficient (Wildman–Crippen LogP) is 3.65. The van der Waals surface area contributed by atoms with Crippen LogP contribution in [0.25, 0.3) is 0 Å². The highest BCUT2D eigenvalue weighted by Crippen LogP contribution is 2.27. The van der Waals surface area contributed by atoms with E-state index in [-0.39, 0.29) is 29.9 Å². The lowest BCUT2D eigenvalue weighted by Crippen LogP contribution is -2.38. The van der Waals surface area contributed by atoms with Gasteiger partial charge in [-0.1, -0.05) is 13.0 Å². The van der Waals surface area contributed by atoms with Crippen LogP contribution in [0.4, 0.5) is 8.78 Å². The van der Waals surface area contributed by atoms with Gasteiger partial charge in [-0.05, 0) is 37.3 Å². The summed E-state index contributed by atoms with van der Waals surface area (Å²) < 4.78 is 26.6. The van der Waals surface area contributed by atoms with E-state index in [0.29, 0.717) is 12.1 Å². The van der Waals surface area contributed by atoms with Crippen molar-refractivity contribution >= 4 is 29.9 Å². The maximum absolute atomic E-state index is 13.7. The van der Waals surface area contributed by atoms with Crippen LogP contribution in [0.1, 0.15) is 38.2 Å². The van der Waals surface area contributed by atoms with Crippen LogP contribution in [0.5, 0.6) is 0 Å². The summed E-state index contributed by atoms with van der Waals surface area (Å²) in [5.41, 5.74) is 0.498. The third-order valence-corrected chi connectivity index (χ3v) is 3.62. The Labute approximate surface area is 148 Å². The minimum atomic E-state index is -0.550. The number of benzene rings is 1. The largest absolute Gasteiger partial charge is 0.357 e. The van der Waals surface area contributed by atoms with Gasteiger partial charge in [0.05, 0.1) is 0 Å². The van der Waals surface area contributed by atoms with Gasteiger partial charge in [-0.15, -0.1) is 24.0 Å². The van der Waals surface area contributed by atoms with Crippen LogP contribution in [0.2, 0.25) is 0 Å². The van der Waals surface area contributed by atoms with Crippen LogP contribution in [0.15, 0.2) is 23.2 Å². The molecule has 22 heavy (non-hydrogen) atoms. The molecule has 1 atom stereocenters. The minimum absolute atomic E-state index is 0. The van der Waals surface area contributed by atoms with Gasteiger partial charge in [-0.3, -0.25) is 4.99 Å². The summed E-state index contributed by atoms with van der Waals surface area (Å²) in [6, 6.07) is 3.71. The molecule has 1 aliphatic carbocycles. The second-order valence-corrected chi connectivity index (χ2v) is 5.61. The monoisotopic (exact) mass is 423 g/mol. The maximum atomic E-state index is 13.7. The lowest BCUT2D eigenvalue weighted by Gasteiger charge is -2.14. The molecule has 1 aliphatic rings. The van der Waals surface area contributed by atoms with Crippen LogP contribution < -0.4 is 10.6 Å². The van der Waals surface area contributed by atoms with Crippen molar-refractivity contribution in [1.29, 1.82) is 0 Å². The molecule has 2 rings (SSSR count). The van der Waals surface area contributed by atoms with Gasteiger partial charge >= 0.3 is 0 Å². The molecule has 1 unspecified atom stereocenters. The lowest BCUT2D eigenvalue weighted by molar-refractivity contribution is 0.560. The molecule has 0 saturated heterocycles. The quantitative estimate of drug-likeness (QED) is 0.417. The van der Waals surface area contributed by atoms with Crippen molar-refractivity contribution in [3.8, 4) is 0 Å². The van der Waals surface area contributed by atoms with E-state index in [1.807, 2.05) is 13.8 Å². The van der Waals surface area contributed by atoms with Gasteiger partial charge in [0.15, 0.2) is 5.96 Å². The Morgan fingerprint density at radius 3 is 2.64 bits per heavy atom. The zero-order valence-corrected chi connectivity index (χ0v) is 15.4. The van der Waals surface area contributed by atoms with E-state index in [9.17, 15) is 8.78 Å². The molecule has 0 amide bonds. The van der Waals surface area contributed by atoms with Crippen LogP contribution in [-0.2, 0) is 0 Å². The molecule has 0 aromatic heterocycles. The molecule has 6 heteroatoms. The van der Waals surface area contributed by atoms with Gasteiger partial charge in [-0.2, -0.15) is 0 Å². The van der Waals surface area contributed by atoms with E-state index in [4.69, 9.17) is 0 Å². The first-order valence-corrected chi connectivity index (χ1v) is 7.57. The Morgan fingerprint density at radius 1 is 1.32 bits per heavy atom. The van der Waals surface area contributed by atoms with Gasteiger partial charge < -0.3 is 10.6 Å². The Kier molecular flexibility index (Phi) is 8.06. The Bertz CT molecular complexity index is 504. The van der Waals surface area contributed by atoms with E-state index in [0.717, 1.165) is 31.0 Å². The fourth-order valence-corrected chi connectivity index (χ4v) is 2.13. The summed E-state index contributed by atoms with van der Waals surface area (Å²) in [4.78, 5) is 4.49. The van der Waals surface area contributed by atoms with E-state index in [2.05, 4.69) is 15.6 Å².